The second-order valence-electron chi connectivity index (χ2n) is 2.36. The van der Waals surface area contributed by atoms with E-state index in [1.807, 2.05) is 0 Å². The lowest BCUT2D eigenvalue weighted by molar-refractivity contribution is -0.145. The fourth-order valence-electron chi connectivity index (χ4n) is 0.750. The first-order valence-corrected chi connectivity index (χ1v) is 5.29. The van der Waals surface area contributed by atoms with Crippen molar-refractivity contribution in [2.24, 2.45) is 0 Å². The highest BCUT2D eigenvalue weighted by atomic mass is 35.7. The second-order valence-corrected chi connectivity index (χ2v) is 4.09. The molecular weight excluding hydrogens is 241 g/mol. The lowest BCUT2D eigenvalue weighted by Crippen LogP contribution is -2.12. The van der Waals surface area contributed by atoms with Gasteiger partial charge in [0.15, 0.2) is 10.0 Å². The van der Waals surface area contributed by atoms with Gasteiger partial charge in [-0.05, 0) is 17.6 Å². The van der Waals surface area contributed by atoms with Crippen molar-refractivity contribution in [3.05, 3.63) is 17.7 Å². The first kappa shape index (κ1) is 11.4. The molecule has 0 amide bonds. The Morgan fingerprint density at radius 3 is 2.43 bits per heavy atom. The van der Waals surface area contributed by atoms with Crippen LogP contribution in [0.25, 0.3) is 0 Å². The fourth-order valence-corrected chi connectivity index (χ4v) is 1.62. The normalized spacial score (nSPS) is 14.1. The van der Waals surface area contributed by atoms with Gasteiger partial charge in [0.2, 0.25) is 5.82 Å². The van der Waals surface area contributed by atoms with Gasteiger partial charge < -0.3 is 0 Å². The molecule has 1 rings (SSSR count). The molecule has 8 heteroatoms. The number of hydrogen-bond donors (Lipinski definition) is 0. The quantitative estimate of drug-likeness (QED) is 0.711. The minimum absolute atomic E-state index is 0.0142. The lowest BCUT2D eigenvalue weighted by atomic mass is 10.4. The van der Waals surface area contributed by atoms with E-state index in [0.717, 1.165) is 6.20 Å². The van der Waals surface area contributed by atoms with Crippen LogP contribution >= 0.6 is 10.7 Å². The largest absolute Gasteiger partial charge is 0.451 e. The molecule has 0 aliphatic heterocycles. The Hall–Kier alpha value is -0.690. The summed E-state index contributed by atoms with van der Waals surface area (Å²) in [4.78, 5) is 6.16. The molecule has 0 N–H and O–H groups in total. The number of alkyl halides is 3. The van der Waals surface area contributed by atoms with Crippen molar-refractivity contribution in [3.8, 4) is 0 Å². The number of hydrogen-bond acceptors (Lipinski definition) is 3. The summed E-state index contributed by atoms with van der Waals surface area (Å²) in [5, 5.41) is 0. The van der Waals surface area contributed by atoms with Crippen LogP contribution in [0.2, 0.25) is 0 Å². The summed E-state index contributed by atoms with van der Waals surface area (Å²) in [6, 6.07) is 0. The number of rotatable bonds is 1. The van der Waals surface area contributed by atoms with Gasteiger partial charge in [-0.1, -0.05) is 0 Å². The van der Waals surface area contributed by atoms with Gasteiger partial charge in [0.25, 0.3) is 0 Å². The maximum Gasteiger partial charge on any atom is 0.451 e. The third-order valence-electron chi connectivity index (χ3n) is 1.36. The van der Waals surface area contributed by atoms with Crippen LogP contribution in [0.15, 0.2) is 11.1 Å². The molecule has 1 aromatic rings. The van der Waals surface area contributed by atoms with Gasteiger partial charge >= 0.3 is 6.18 Å². The van der Waals surface area contributed by atoms with Gasteiger partial charge in [0.05, 0.1) is 10.6 Å². The van der Waals surface area contributed by atoms with E-state index in [1.54, 1.807) is 0 Å². The molecule has 1 aromatic heterocycles. The van der Waals surface area contributed by atoms with Crippen molar-refractivity contribution in [3.63, 3.8) is 0 Å². The molecule has 0 spiro atoms. The molecule has 0 aromatic carbocycles. The van der Waals surface area contributed by atoms with E-state index in [9.17, 15) is 17.4 Å². The van der Waals surface area contributed by atoms with E-state index in [-0.39, 0.29) is 10.6 Å². The average Bonchev–Trinajstić information content (AvgIpc) is 2.01. The molecule has 0 saturated heterocycles. The molecule has 0 saturated carbocycles. The van der Waals surface area contributed by atoms with E-state index in [1.165, 1.54) is 6.92 Å². The SMILES string of the molecule is Cc1nc(C(F)(F)F)ncc1S(=O)Cl. The number of aryl methyl sites for hydroxylation is 1. The highest BCUT2D eigenvalue weighted by molar-refractivity contribution is 8.08. The molecule has 0 bridgehead atoms. The van der Waals surface area contributed by atoms with Gasteiger partial charge in [-0.3, -0.25) is 0 Å². The zero-order valence-electron chi connectivity index (χ0n) is 6.80. The Bertz CT molecular complexity index is 382. The molecule has 0 radical (unpaired) electrons. The summed E-state index contributed by atoms with van der Waals surface area (Å²) < 4.78 is 46.9. The second kappa shape index (κ2) is 3.82. The molecule has 14 heavy (non-hydrogen) atoms. The van der Waals surface area contributed by atoms with Crippen LogP contribution < -0.4 is 0 Å². The summed E-state index contributed by atoms with van der Waals surface area (Å²) in [6.07, 6.45) is -3.79. The highest BCUT2D eigenvalue weighted by Gasteiger charge is 2.35. The van der Waals surface area contributed by atoms with Crippen LogP contribution in [0.3, 0.4) is 0 Å². The summed E-state index contributed by atoms with van der Waals surface area (Å²) in [5.74, 6) is -1.26. The highest BCUT2D eigenvalue weighted by Crippen LogP contribution is 2.26. The molecular formula is C6H4ClF3N2OS. The molecule has 0 fully saturated rings. The van der Waals surface area contributed by atoms with Crippen molar-refractivity contribution in [1.82, 2.24) is 9.97 Å². The van der Waals surface area contributed by atoms with E-state index in [0.29, 0.717) is 0 Å². The summed E-state index contributed by atoms with van der Waals surface area (Å²) in [6.45, 7) is 1.28. The van der Waals surface area contributed by atoms with Gasteiger partial charge in [0.1, 0.15) is 0 Å². The molecule has 1 atom stereocenters. The van der Waals surface area contributed by atoms with Crippen molar-refractivity contribution >= 4 is 20.7 Å². The third kappa shape index (κ3) is 2.42. The Balaban J connectivity index is 3.20. The Morgan fingerprint density at radius 2 is 2.07 bits per heavy atom. The molecule has 3 nitrogen and oxygen atoms in total. The molecule has 1 heterocycles. The van der Waals surface area contributed by atoms with Crippen LogP contribution in [-0.2, 0) is 16.2 Å². The first-order valence-electron chi connectivity index (χ1n) is 3.31. The Morgan fingerprint density at radius 1 is 1.50 bits per heavy atom. The van der Waals surface area contributed by atoms with Gasteiger partial charge in [0, 0.05) is 6.20 Å². The third-order valence-corrected chi connectivity index (χ3v) is 2.61. The smallest absolute Gasteiger partial charge is 0.237 e. The average molecular weight is 245 g/mol. The lowest BCUT2D eigenvalue weighted by Gasteiger charge is -2.06. The topological polar surface area (TPSA) is 42.9 Å². The maximum absolute atomic E-state index is 12.1. The molecule has 0 aliphatic carbocycles. The van der Waals surface area contributed by atoms with Crippen LogP contribution in [0.1, 0.15) is 11.5 Å². The zero-order valence-corrected chi connectivity index (χ0v) is 8.37. The predicted molar refractivity (Wildman–Crippen MR) is 44.0 cm³/mol. The van der Waals surface area contributed by atoms with Gasteiger partial charge in [-0.2, -0.15) is 13.2 Å². The van der Waals surface area contributed by atoms with Crippen molar-refractivity contribution in [2.45, 2.75) is 18.0 Å². The predicted octanol–water partition coefficient (Wildman–Crippen LogP) is 2.07. The molecule has 0 aliphatic rings. The Kier molecular flexibility index (Phi) is 3.10. The van der Waals surface area contributed by atoms with Crippen LogP contribution in [0.4, 0.5) is 13.2 Å². The first-order chi connectivity index (χ1) is 6.32. The van der Waals surface area contributed by atoms with Crippen LogP contribution in [-0.4, -0.2) is 14.2 Å². The number of halogens is 4. The fraction of sp³-hybridized carbons (Fsp3) is 0.333. The van der Waals surface area contributed by atoms with Crippen molar-refractivity contribution in [2.75, 3.05) is 0 Å². The van der Waals surface area contributed by atoms with E-state index in [4.69, 9.17) is 10.7 Å². The minimum Gasteiger partial charge on any atom is -0.237 e. The summed E-state index contributed by atoms with van der Waals surface area (Å²) in [5.41, 5.74) is -0.0411. The van der Waals surface area contributed by atoms with Crippen LogP contribution in [0.5, 0.6) is 0 Å². The molecule has 1 unspecified atom stereocenters. The van der Waals surface area contributed by atoms with Crippen molar-refractivity contribution < 1.29 is 17.4 Å². The monoisotopic (exact) mass is 244 g/mol. The van der Waals surface area contributed by atoms with Gasteiger partial charge in [-0.15, -0.1) is 0 Å². The Labute approximate surface area is 84.3 Å². The van der Waals surface area contributed by atoms with E-state index >= 15 is 0 Å². The maximum atomic E-state index is 12.1. The van der Waals surface area contributed by atoms with Crippen molar-refractivity contribution in [1.29, 1.82) is 0 Å². The number of aromatic nitrogens is 2. The minimum atomic E-state index is -4.60. The zero-order chi connectivity index (χ0) is 10.9. The number of nitrogens with zero attached hydrogens (tertiary/aromatic N) is 2. The van der Waals surface area contributed by atoms with E-state index in [2.05, 4.69) is 9.97 Å². The van der Waals surface area contributed by atoms with Crippen LogP contribution in [0, 0.1) is 6.92 Å². The van der Waals surface area contributed by atoms with E-state index < -0.39 is 22.0 Å². The summed E-state index contributed by atoms with van der Waals surface area (Å²) in [7, 11) is 3.29. The molecule has 78 valence electrons. The van der Waals surface area contributed by atoms with Gasteiger partial charge in [-0.25, -0.2) is 14.2 Å². The summed E-state index contributed by atoms with van der Waals surface area (Å²) >= 11 is 0. The standard InChI is InChI=1S/C6H4ClF3N2OS/c1-3-4(14(7)13)2-11-5(12-3)6(8,9)10/h2H,1H3.